The average molecular weight is 230 g/mol. The molecule has 1 aromatic rings. The minimum absolute atomic E-state index is 0.598. The van der Waals surface area contributed by atoms with Crippen molar-refractivity contribution in [2.24, 2.45) is 0 Å². The third-order valence-electron chi connectivity index (χ3n) is 2.34. The van der Waals surface area contributed by atoms with E-state index in [2.05, 4.69) is 37.8 Å². The van der Waals surface area contributed by atoms with E-state index in [0.717, 1.165) is 17.0 Å². The molecule has 1 saturated heterocycles. The van der Waals surface area contributed by atoms with Gasteiger partial charge in [0.25, 0.3) is 0 Å². The number of hydrogen-bond donors (Lipinski definition) is 1. The fourth-order valence-electron chi connectivity index (χ4n) is 1.68. The zero-order valence-electron chi connectivity index (χ0n) is 7.05. The lowest BCUT2D eigenvalue weighted by atomic mass is 10.1. The molecule has 66 valence electrons. The normalized spacial score (nSPS) is 25.0. The summed E-state index contributed by atoms with van der Waals surface area (Å²) in [7, 11) is 2.15. The molecule has 1 aliphatic heterocycles. The van der Waals surface area contributed by atoms with Crippen molar-refractivity contribution in [1.82, 2.24) is 14.9 Å². The minimum Gasteiger partial charge on any atom is -0.336 e. The van der Waals surface area contributed by atoms with Crippen LogP contribution in [0.2, 0.25) is 0 Å². The molecule has 0 amide bonds. The molecule has 12 heavy (non-hydrogen) atoms. The maximum Gasteiger partial charge on any atom is 0.111 e. The third kappa shape index (κ3) is 1.54. The standard InChI is InChI=1S/C8H12BrN3/c1-12-3-2-6(5-12)8-10-4-7(9)11-8/h4,6H,2-3,5H2,1H3,(H,10,11). The van der Waals surface area contributed by atoms with Crippen LogP contribution >= 0.6 is 15.9 Å². The van der Waals surface area contributed by atoms with Crippen LogP contribution in [0.5, 0.6) is 0 Å². The lowest BCUT2D eigenvalue weighted by Gasteiger charge is -2.06. The fraction of sp³-hybridized carbons (Fsp3) is 0.625. The topological polar surface area (TPSA) is 31.9 Å². The number of halogens is 1. The van der Waals surface area contributed by atoms with Gasteiger partial charge in [0.15, 0.2) is 0 Å². The van der Waals surface area contributed by atoms with E-state index in [1.54, 1.807) is 0 Å². The zero-order valence-corrected chi connectivity index (χ0v) is 8.63. The second-order valence-corrected chi connectivity index (χ2v) is 4.22. The molecule has 3 nitrogen and oxygen atoms in total. The maximum atomic E-state index is 4.30. The minimum atomic E-state index is 0.598. The molecule has 1 fully saturated rings. The molecule has 1 atom stereocenters. The van der Waals surface area contributed by atoms with Gasteiger partial charge >= 0.3 is 0 Å². The molecule has 0 aliphatic carbocycles. The van der Waals surface area contributed by atoms with Gasteiger partial charge in [-0.15, -0.1) is 0 Å². The molecular weight excluding hydrogens is 218 g/mol. The first kappa shape index (κ1) is 8.26. The number of rotatable bonds is 1. The van der Waals surface area contributed by atoms with Crippen LogP contribution in [-0.2, 0) is 0 Å². The second kappa shape index (κ2) is 3.18. The Morgan fingerprint density at radius 3 is 3.08 bits per heavy atom. The van der Waals surface area contributed by atoms with Crippen LogP contribution < -0.4 is 0 Å². The first-order valence-electron chi connectivity index (χ1n) is 4.14. The molecule has 1 aliphatic rings. The highest BCUT2D eigenvalue weighted by Gasteiger charge is 2.22. The van der Waals surface area contributed by atoms with Crippen LogP contribution in [0.4, 0.5) is 0 Å². The van der Waals surface area contributed by atoms with Crippen LogP contribution in [0, 0.1) is 0 Å². The van der Waals surface area contributed by atoms with Crippen molar-refractivity contribution in [3.05, 3.63) is 16.6 Å². The van der Waals surface area contributed by atoms with E-state index in [-0.39, 0.29) is 0 Å². The van der Waals surface area contributed by atoms with E-state index in [9.17, 15) is 0 Å². The number of likely N-dealkylation sites (tertiary alicyclic amines) is 1. The Kier molecular flexibility index (Phi) is 2.19. The summed E-state index contributed by atoms with van der Waals surface area (Å²) < 4.78 is 0.979. The van der Waals surface area contributed by atoms with Gasteiger partial charge in [-0.25, -0.2) is 4.98 Å². The van der Waals surface area contributed by atoms with E-state index in [1.165, 1.54) is 13.0 Å². The number of H-pyrrole nitrogens is 1. The highest BCUT2D eigenvalue weighted by atomic mass is 79.9. The summed E-state index contributed by atoms with van der Waals surface area (Å²) >= 11 is 3.36. The summed E-state index contributed by atoms with van der Waals surface area (Å²) in [6.07, 6.45) is 3.05. The van der Waals surface area contributed by atoms with E-state index in [1.807, 2.05) is 6.20 Å². The Bertz CT molecular complexity index is 271. The van der Waals surface area contributed by atoms with Crippen LogP contribution in [0.25, 0.3) is 0 Å². The van der Waals surface area contributed by atoms with Crippen molar-refractivity contribution in [2.45, 2.75) is 12.3 Å². The van der Waals surface area contributed by atoms with Gasteiger partial charge < -0.3 is 9.88 Å². The maximum absolute atomic E-state index is 4.30. The van der Waals surface area contributed by atoms with Crippen LogP contribution in [0.15, 0.2) is 10.8 Å². The van der Waals surface area contributed by atoms with E-state index in [4.69, 9.17) is 0 Å². The van der Waals surface area contributed by atoms with Crippen LogP contribution in [0.3, 0.4) is 0 Å². The summed E-state index contributed by atoms with van der Waals surface area (Å²) in [5.74, 6) is 1.72. The Morgan fingerprint density at radius 2 is 2.58 bits per heavy atom. The van der Waals surface area contributed by atoms with Gasteiger partial charge in [-0.2, -0.15) is 0 Å². The van der Waals surface area contributed by atoms with Gasteiger partial charge in [-0.05, 0) is 35.9 Å². The monoisotopic (exact) mass is 229 g/mol. The molecule has 0 radical (unpaired) electrons. The van der Waals surface area contributed by atoms with Gasteiger partial charge in [0.1, 0.15) is 10.4 Å². The summed E-state index contributed by atoms with van der Waals surface area (Å²) in [4.78, 5) is 9.85. The number of nitrogens with zero attached hydrogens (tertiary/aromatic N) is 2. The van der Waals surface area contributed by atoms with Gasteiger partial charge in [-0.1, -0.05) is 0 Å². The Balaban J connectivity index is 2.11. The first-order valence-corrected chi connectivity index (χ1v) is 4.94. The zero-order chi connectivity index (χ0) is 8.55. The Morgan fingerprint density at radius 1 is 1.75 bits per heavy atom. The van der Waals surface area contributed by atoms with Gasteiger partial charge in [-0.3, -0.25) is 0 Å². The van der Waals surface area contributed by atoms with Gasteiger partial charge in [0, 0.05) is 12.5 Å². The smallest absolute Gasteiger partial charge is 0.111 e. The molecular formula is C8H12BrN3. The number of nitrogens with one attached hydrogen (secondary N) is 1. The fourth-order valence-corrected chi connectivity index (χ4v) is 1.98. The van der Waals surface area contributed by atoms with Crippen LogP contribution in [0.1, 0.15) is 18.2 Å². The molecule has 1 aromatic heterocycles. The Hall–Kier alpha value is -0.350. The molecule has 1 unspecified atom stereocenters. The number of likely N-dealkylation sites (N-methyl/N-ethyl adjacent to an activating group) is 1. The second-order valence-electron chi connectivity index (χ2n) is 3.36. The molecule has 0 bridgehead atoms. The Labute approximate surface area is 80.3 Å². The molecule has 0 saturated carbocycles. The lowest BCUT2D eigenvalue weighted by Crippen LogP contribution is -2.13. The summed E-state index contributed by atoms with van der Waals surface area (Å²) in [5.41, 5.74) is 0. The van der Waals surface area contributed by atoms with Crippen molar-refractivity contribution in [1.29, 1.82) is 0 Å². The average Bonchev–Trinajstić information content (AvgIpc) is 2.58. The van der Waals surface area contributed by atoms with Crippen molar-refractivity contribution >= 4 is 15.9 Å². The lowest BCUT2D eigenvalue weighted by molar-refractivity contribution is 0.410. The van der Waals surface area contributed by atoms with Crippen LogP contribution in [-0.4, -0.2) is 35.0 Å². The summed E-state index contributed by atoms with van der Waals surface area (Å²) in [6, 6.07) is 0. The van der Waals surface area contributed by atoms with Crippen molar-refractivity contribution in [3.63, 3.8) is 0 Å². The predicted molar refractivity (Wildman–Crippen MR) is 51.1 cm³/mol. The van der Waals surface area contributed by atoms with Crippen molar-refractivity contribution < 1.29 is 0 Å². The molecule has 2 heterocycles. The van der Waals surface area contributed by atoms with Crippen molar-refractivity contribution in [2.75, 3.05) is 20.1 Å². The summed E-state index contributed by atoms with van der Waals surface area (Å²) in [6.45, 7) is 2.31. The molecule has 1 N–H and O–H groups in total. The highest BCUT2D eigenvalue weighted by Crippen LogP contribution is 2.24. The molecule has 4 heteroatoms. The van der Waals surface area contributed by atoms with Gasteiger partial charge in [0.05, 0.1) is 6.20 Å². The van der Waals surface area contributed by atoms with E-state index in [0.29, 0.717) is 5.92 Å². The first-order chi connectivity index (χ1) is 5.75. The number of hydrogen-bond acceptors (Lipinski definition) is 2. The van der Waals surface area contributed by atoms with E-state index >= 15 is 0 Å². The van der Waals surface area contributed by atoms with Crippen molar-refractivity contribution in [3.8, 4) is 0 Å². The molecule has 2 rings (SSSR count). The summed E-state index contributed by atoms with van der Waals surface area (Å²) in [5, 5.41) is 0. The number of aromatic nitrogens is 2. The molecule has 0 spiro atoms. The quantitative estimate of drug-likeness (QED) is 0.794. The predicted octanol–water partition coefficient (Wildman–Crippen LogP) is 1.59. The highest BCUT2D eigenvalue weighted by molar-refractivity contribution is 9.10. The number of aromatic amines is 1. The van der Waals surface area contributed by atoms with E-state index < -0.39 is 0 Å². The number of imidazole rings is 1. The third-order valence-corrected chi connectivity index (χ3v) is 2.75. The van der Waals surface area contributed by atoms with Gasteiger partial charge in [0.2, 0.25) is 0 Å². The molecule has 0 aromatic carbocycles. The largest absolute Gasteiger partial charge is 0.336 e. The SMILES string of the molecule is CN1CCC(c2ncc(Br)[nH]2)C1.